The highest BCUT2D eigenvalue weighted by Crippen LogP contribution is 2.68. The molecule has 2 N–H and O–H groups in total. The second kappa shape index (κ2) is 5.21. The van der Waals surface area contributed by atoms with Crippen molar-refractivity contribution in [1.82, 2.24) is 4.90 Å². The summed E-state index contributed by atoms with van der Waals surface area (Å²) in [6.45, 7) is -0.401. The predicted octanol–water partition coefficient (Wildman–Crippen LogP) is 1.64. The predicted molar refractivity (Wildman–Crippen MR) is 76.5 cm³/mol. The Morgan fingerprint density at radius 3 is 1.88 bits per heavy atom. The lowest BCUT2D eigenvalue weighted by molar-refractivity contribution is -0.151. The highest BCUT2D eigenvalue weighted by molar-refractivity contribution is 5.96. The molecular formula is C16H14F3NO5. The first-order valence-corrected chi connectivity index (χ1v) is 7.43. The van der Waals surface area contributed by atoms with E-state index in [-0.39, 0.29) is 25.9 Å². The number of carbonyl (C=O) groups is 3. The zero-order valence-electron chi connectivity index (χ0n) is 12.8. The number of carbonyl (C=O) groups excluding carboxylic acids is 1. The Morgan fingerprint density at radius 1 is 1.00 bits per heavy atom. The molecular weight excluding hydrogens is 343 g/mol. The maximum Gasteiger partial charge on any atom is 0.416 e. The highest BCUT2D eigenvalue weighted by atomic mass is 19.4. The van der Waals surface area contributed by atoms with Crippen LogP contribution in [0.1, 0.15) is 17.5 Å². The van der Waals surface area contributed by atoms with Gasteiger partial charge in [-0.1, -0.05) is 12.1 Å². The van der Waals surface area contributed by atoms with Crippen LogP contribution < -0.4 is 0 Å². The molecule has 0 unspecified atom stereocenters. The van der Waals surface area contributed by atoms with E-state index in [0.29, 0.717) is 5.56 Å². The van der Waals surface area contributed by atoms with E-state index < -0.39 is 40.4 Å². The van der Waals surface area contributed by atoms with Crippen LogP contribution >= 0.6 is 0 Å². The van der Waals surface area contributed by atoms with Gasteiger partial charge in [0.25, 0.3) is 0 Å². The summed E-state index contributed by atoms with van der Waals surface area (Å²) >= 11 is 0. The van der Waals surface area contributed by atoms with Gasteiger partial charge in [0.1, 0.15) is 10.8 Å². The van der Waals surface area contributed by atoms with E-state index in [1.54, 1.807) is 0 Å². The van der Waals surface area contributed by atoms with E-state index >= 15 is 0 Å². The lowest BCUT2D eigenvalue weighted by Gasteiger charge is -2.20. The molecule has 0 aromatic heterocycles. The molecule has 25 heavy (non-hydrogen) atoms. The maximum absolute atomic E-state index is 12.5. The number of rotatable bonds is 4. The molecule has 1 aromatic rings. The summed E-state index contributed by atoms with van der Waals surface area (Å²) in [6.07, 6.45) is -4.71. The van der Waals surface area contributed by atoms with Gasteiger partial charge in [-0.25, -0.2) is 0 Å². The summed E-state index contributed by atoms with van der Waals surface area (Å²) in [5, 5.41) is 18.6. The minimum absolute atomic E-state index is 0.0191. The zero-order valence-corrected chi connectivity index (χ0v) is 12.8. The number of carboxylic acid groups (broad SMARTS) is 2. The Kier molecular flexibility index (Phi) is 3.59. The maximum atomic E-state index is 12.5. The van der Waals surface area contributed by atoms with E-state index in [2.05, 4.69) is 0 Å². The van der Waals surface area contributed by atoms with Crippen LogP contribution in [0.15, 0.2) is 24.3 Å². The number of alkyl halides is 3. The number of aliphatic carboxylic acids is 2. The molecule has 1 aromatic carbocycles. The number of carboxylic acids is 2. The fourth-order valence-electron chi connectivity index (χ4n) is 3.56. The Labute approximate surface area is 139 Å². The fourth-order valence-corrected chi connectivity index (χ4v) is 3.56. The SMILES string of the molecule is O=C(Cc1ccc(C(F)(F)F)cc1)N1C[C@@]2(C(=O)O)C[C@@]2(C(=O)O)C1. The second-order valence-electron chi connectivity index (χ2n) is 6.57. The Balaban J connectivity index is 1.71. The number of piperidine rings is 1. The summed E-state index contributed by atoms with van der Waals surface area (Å²) in [5.74, 6) is -3.01. The van der Waals surface area contributed by atoms with Crippen molar-refractivity contribution in [2.75, 3.05) is 13.1 Å². The van der Waals surface area contributed by atoms with Crippen LogP contribution in [0.4, 0.5) is 13.2 Å². The molecule has 1 aliphatic heterocycles. The molecule has 6 nitrogen and oxygen atoms in total. The van der Waals surface area contributed by atoms with Crippen molar-refractivity contribution in [1.29, 1.82) is 0 Å². The van der Waals surface area contributed by atoms with Crippen molar-refractivity contribution in [3.8, 4) is 0 Å². The van der Waals surface area contributed by atoms with Gasteiger partial charge in [0.2, 0.25) is 5.91 Å². The lowest BCUT2D eigenvalue weighted by Crippen LogP contribution is -2.35. The number of fused-ring (bicyclic) bond motifs is 1. The third kappa shape index (κ3) is 2.54. The summed E-state index contributed by atoms with van der Waals surface area (Å²) < 4.78 is 37.6. The molecule has 1 saturated carbocycles. The summed E-state index contributed by atoms with van der Waals surface area (Å²) in [4.78, 5) is 36.3. The van der Waals surface area contributed by atoms with Gasteiger partial charge in [0.15, 0.2) is 0 Å². The van der Waals surface area contributed by atoms with E-state index in [9.17, 15) is 37.8 Å². The molecule has 1 amide bonds. The molecule has 3 rings (SSSR count). The second-order valence-corrected chi connectivity index (χ2v) is 6.57. The number of hydrogen-bond donors (Lipinski definition) is 2. The van der Waals surface area contributed by atoms with Gasteiger partial charge in [-0.15, -0.1) is 0 Å². The molecule has 2 aliphatic rings. The first-order valence-electron chi connectivity index (χ1n) is 7.43. The molecule has 0 bridgehead atoms. The van der Waals surface area contributed by atoms with Crippen molar-refractivity contribution >= 4 is 17.8 Å². The first-order chi connectivity index (χ1) is 11.5. The average molecular weight is 357 g/mol. The molecule has 1 heterocycles. The van der Waals surface area contributed by atoms with E-state index in [0.717, 1.165) is 12.1 Å². The lowest BCUT2D eigenvalue weighted by atomic mass is 9.97. The highest BCUT2D eigenvalue weighted by Gasteiger charge is 2.81. The standard InChI is InChI=1S/C16H14F3NO5/c17-16(18,19)10-3-1-9(2-4-10)5-11(21)20-7-14(12(22)23)6-15(14,8-20)13(24)25/h1-4H,5-8H2,(H,22,23)(H,24,25)/t14-,15+. The normalized spacial score (nSPS) is 27.7. The van der Waals surface area contributed by atoms with Crippen molar-refractivity contribution in [2.24, 2.45) is 10.8 Å². The zero-order chi connectivity index (χ0) is 18.6. The van der Waals surface area contributed by atoms with E-state index in [1.807, 2.05) is 0 Å². The van der Waals surface area contributed by atoms with Gasteiger partial charge in [-0.05, 0) is 24.1 Å². The van der Waals surface area contributed by atoms with Crippen LogP contribution in [0, 0.1) is 10.8 Å². The number of amides is 1. The number of hydrogen-bond acceptors (Lipinski definition) is 3. The third-order valence-electron chi connectivity index (χ3n) is 5.12. The van der Waals surface area contributed by atoms with Gasteiger partial charge in [0, 0.05) is 13.1 Å². The monoisotopic (exact) mass is 357 g/mol. The van der Waals surface area contributed by atoms with Gasteiger partial charge in [-0.2, -0.15) is 13.2 Å². The van der Waals surface area contributed by atoms with Crippen molar-refractivity contribution in [3.63, 3.8) is 0 Å². The number of likely N-dealkylation sites (tertiary alicyclic amines) is 1. The Morgan fingerprint density at radius 2 is 1.48 bits per heavy atom. The summed E-state index contributed by atoms with van der Waals surface area (Å²) in [6, 6.07) is 4.08. The third-order valence-corrected chi connectivity index (χ3v) is 5.12. The number of nitrogens with zero attached hydrogens (tertiary/aromatic N) is 1. The van der Waals surface area contributed by atoms with Crippen molar-refractivity contribution in [2.45, 2.75) is 19.0 Å². The van der Waals surface area contributed by atoms with E-state index in [1.165, 1.54) is 17.0 Å². The fraction of sp³-hybridized carbons (Fsp3) is 0.438. The quantitative estimate of drug-likeness (QED) is 0.854. The molecule has 134 valence electrons. The first kappa shape index (κ1) is 17.2. The van der Waals surface area contributed by atoms with Crippen LogP contribution in [0.2, 0.25) is 0 Å². The summed E-state index contributed by atoms with van der Waals surface area (Å²) in [5.41, 5.74) is -3.42. The van der Waals surface area contributed by atoms with Gasteiger partial charge < -0.3 is 15.1 Å². The number of halogens is 3. The largest absolute Gasteiger partial charge is 0.481 e. The van der Waals surface area contributed by atoms with Gasteiger partial charge in [-0.3, -0.25) is 14.4 Å². The van der Waals surface area contributed by atoms with Crippen LogP contribution in [0.5, 0.6) is 0 Å². The topological polar surface area (TPSA) is 94.9 Å². The molecule has 2 atom stereocenters. The minimum Gasteiger partial charge on any atom is -0.481 e. The van der Waals surface area contributed by atoms with Gasteiger partial charge in [0.05, 0.1) is 12.0 Å². The van der Waals surface area contributed by atoms with Crippen molar-refractivity contribution < 1.29 is 37.8 Å². The molecule has 2 fully saturated rings. The summed E-state index contributed by atoms with van der Waals surface area (Å²) in [7, 11) is 0. The smallest absolute Gasteiger partial charge is 0.416 e. The van der Waals surface area contributed by atoms with Crippen molar-refractivity contribution in [3.05, 3.63) is 35.4 Å². The molecule has 9 heteroatoms. The average Bonchev–Trinajstić information content (AvgIpc) is 3.05. The van der Waals surface area contributed by atoms with Crippen LogP contribution in [-0.2, 0) is 27.0 Å². The molecule has 0 radical (unpaired) electrons. The minimum atomic E-state index is -4.47. The van der Waals surface area contributed by atoms with E-state index in [4.69, 9.17) is 0 Å². The number of benzene rings is 1. The van der Waals surface area contributed by atoms with Crippen LogP contribution in [-0.4, -0.2) is 46.0 Å². The molecule has 1 saturated heterocycles. The Bertz CT molecular complexity index is 732. The van der Waals surface area contributed by atoms with Gasteiger partial charge >= 0.3 is 18.1 Å². The van der Waals surface area contributed by atoms with Crippen LogP contribution in [0.3, 0.4) is 0 Å². The molecule has 0 spiro atoms. The molecule has 1 aliphatic carbocycles. The Hall–Kier alpha value is -2.58. The van der Waals surface area contributed by atoms with Crippen LogP contribution in [0.25, 0.3) is 0 Å².